The highest BCUT2D eigenvalue weighted by Crippen LogP contribution is 2.36. The van der Waals surface area contributed by atoms with Gasteiger partial charge in [0.15, 0.2) is 0 Å². The molecule has 1 fully saturated rings. The van der Waals surface area contributed by atoms with E-state index in [1.165, 1.54) is 0 Å². The molecule has 2 heterocycles. The van der Waals surface area contributed by atoms with Crippen molar-refractivity contribution >= 4 is 11.6 Å². The highest BCUT2D eigenvalue weighted by atomic mass is 19.4. The summed E-state index contributed by atoms with van der Waals surface area (Å²) in [6.07, 6.45) is -2.55. The van der Waals surface area contributed by atoms with E-state index in [9.17, 15) is 13.2 Å². The van der Waals surface area contributed by atoms with Gasteiger partial charge in [-0.05, 0) is 30.4 Å². The van der Waals surface area contributed by atoms with E-state index >= 15 is 0 Å². The first-order chi connectivity index (χ1) is 9.71. The van der Waals surface area contributed by atoms with E-state index in [1.54, 1.807) is 0 Å². The maximum Gasteiger partial charge on any atom is 0.416 e. The van der Waals surface area contributed by atoms with Crippen molar-refractivity contribution < 1.29 is 13.2 Å². The smallest absolute Gasteiger partial charge is 0.370 e. The molecule has 0 aliphatic carbocycles. The van der Waals surface area contributed by atoms with Crippen LogP contribution in [-0.4, -0.2) is 24.6 Å². The van der Waals surface area contributed by atoms with Crippen LogP contribution < -0.4 is 10.2 Å². The molecule has 1 N–H and O–H groups in total. The van der Waals surface area contributed by atoms with Crippen molar-refractivity contribution in [3.8, 4) is 0 Å². The zero-order valence-electron chi connectivity index (χ0n) is 12.7. The molecule has 21 heavy (non-hydrogen) atoms. The van der Waals surface area contributed by atoms with Crippen molar-refractivity contribution in [3.05, 3.63) is 17.7 Å². The van der Waals surface area contributed by atoms with E-state index in [0.29, 0.717) is 18.2 Å². The van der Waals surface area contributed by atoms with Gasteiger partial charge in [-0.3, -0.25) is 0 Å². The van der Waals surface area contributed by atoms with E-state index in [2.05, 4.69) is 24.1 Å². The fourth-order valence-electron chi connectivity index (χ4n) is 2.49. The normalized spacial score (nSPS) is 18.1. The second kappa shape index (κ2) is 5.73. The summed E-state index contributed by atoms with van der Waals surface area (Å²) in [7, 11) is 0. The third kappa shape index (κ3) is 4.02. The minimum Gasteiger partial charge on any atom is -0.370 e. The van der Waals surface area contributed by atoms with Crippen LogP contribution in [0.15, 0.2) is 12.1 Å². The molecule has 118 valence electrons. The molecule has 0 atom stereocenters. The molecule has 1 aromatic rings. The molecule has 3 nitrogen and oxygen atoms in total. The summed E-state index contributed by atoms with van der Waals surface area (Å²) in [5, 5.41) is 2.95. The molecule has 6 heteroatoms. The maximum atomic E-state index is 13.0. The third-order valence-electron chi connectivity index (χ3n) is 3.70. The first-order valence-corrected chi connectivity index (χ1v) is 7.29. The minimum absolute atomic E-state index is 0.118. The standard InChI is InChI=1S/C15H22F3N3/c1-4-6-19-12-8-11(15(16,17)18)9-13(20-12)21-7-5-14(2,3)10-21/h8-9H,4-7,10H2,1-3H3,(H,19,20). The Morgan fingerprint density at radius 3 is 2.57 bits per heavy atom. The first-order valence-electron chi connectivity index (χ1n) is 7.29. The van der Waals surface area contributed by atoms with Gasteiger partial charge in [-0.2, -0.15) is 13.2 Å². The molecule has 0 bridgehead atoms. The van der Waals surface area contributed by atoms with Gasteiger partial charge in [-0.25, -0.2) is 4.98 Å². The molecular weight excluding hydrogens is 279 g/mol. The average molecular weight is 301 g/mol. The number of hydrogen-bond acceptors (Lipinski definition) is 3. The highest BCUT2D eigenvalue weighted by molar-refractivity contribution is 5.52. The second-order valence-electron chi connectivity index (χ2n) is 6.36. The zero-order chi connectivity index (χ0) is 15.7. The topological polar surface area (TPSA) is 28.2 Å². The van der Waals surface area contributed by atoms with Crippen LogP contribution in [0.3, 0.4) is 0 Å². The Morgan fingerprint density at radius 1 is 1.33 bits per heavy atom. The van der Waals surface area contributed by atoms with Gasteiger partial charge >= 0.3 is 6.18 Å². The number of halogens is 3. The molecule has 1 aromatic heterocycles. The molecule has 1 aliphatic rings. The van der Waals surface area contributed by atoms with Crippen molar-refractivity contribution in [1.82, 2.24) is 4.98 Å². The van der Waals surface area contributed by atoms with E-state index in [4.69, 9.17) is 0 Å². The van der Waals surface area contributed by atoms with Gasteiger partial charge in [0.05, 0.1) is 5.56 Å². The number of aromatic nitrogens is 1. The van der Waals surface area contributed by atoms with Crippen LogP contribution in [-0.2, 0) is 6.18 Å². The number of alkyl halides is 3. The molecule has 2 rings (SSSR count). The molecule has 0 unspecified atom stereocenters. The van der Waals surface area contributed by atoms with Crippen molar-refractivity contribution in [2.24, 2.45) is 5.41 Å². The summed E-state index contributed by atoms with van der Waals surface area (Å²) >= 11 is 0. The van der Waals surface area contributed by atoms with Gasteiger partial charge in [0.2, 0.25) is 0 Å². The summed E-state index contributed by atoms with van der Waals surface area (Å²) in [6.45, 7) is 8.29. The van der Waals surface area contributed by atoms with Crippen LogP contribution >= 0.6 is 0 Å². The molecule has 0 radical (unpaired) electrons. The summed E-state index contributed by atoms with van der Waals surface area (Å²) < 4.78 is 39.1. The van der Waals surface area contributed by atoms with E-state index in [-0.39, 0.29) is 5.41 Å². The van der Waals surface area contributed by atoms with Crippen molar-refractivity contribution in [3.63, 3.8) is 0 Å². The third-order valence-corrected chi connectivity index (χ3v) is 3.70. The lowest BCUT2D eigenvalue weighted by Gasteiger charge is -2.22. The van der Waals surface area contributed by atoms with Gasteiger partial charge in [-0.1, -0.05) is 20.8 Å². The number of rotatable bonds is 4. The van der Waals surface area contributed by atoms with E-state index < -0.39 is 11.7 Å². The van der Waals surface area contributed by atoms with Gasteiger partial charge in [0, 0.05) is 19.6 Å². The summed E-state index contributed by atoms with van der Waals surface area (Å²) in [6, 6.07) is 2.24. The predicted molar refractivity (Wildman–Crippen MR) is 78.6 cm³/mol. The zero-order valence-corrected chi connectivity index (χ0v) is 12.7. The van der Waals surface area contributed by atoms with Crippen LogP contribution in [0.5, 0.6) is 0 Å². The van der Waals surface area contributed by atoms with Crippen LogP contribution in [0.2, 0.25) is 0 Å². The van der Waals surface area contributed by atoms with Crippen molar-refractivity contribution in [2.75, 3.05) is 29.9 Å². The summed E-state index contributed by atoms with van der Waals surface area (Å²) in [5.41, 5.74) is -0.525. The number of hydrogen-bond donors (Lipinski definition) is 1. The predicted octanol–water partition coefficient (Wildman–Crippen LogP) is 4.16. The van der Waals surface area contributed by atoms with E-state index in [0.717, 1.165) is 38.1 Å². The first kappa shape index (κ1) is 15.9. The Balaban J connectivity index is 2.31. The lowest BCUT2D eigenvalue weighted by Crippen LogP contribution is -2.24. The molecule has 1 saturated heterocycles. The van der Waals surface area contributed by atoms with Crippen LogP contribution in [0.1, 0.15) is 39.2 Å². The fraction of sp³-hybridized carbons (Fsp3) is 0.667. The lowest BCUT2D eigenvalue weighted by molar-refractivity contribution is -0.137. The van der Waals surface area contributed by atoms with Crippen LogP contribution in [0.4, 0.5) is 24.8 Å². The maximum absolute atomic E-state index is 13.0. The molecular formula is C15H22F3N3. The molecule has 0 amide bonds. The molecule has 0 saturated carbocycles. The molecule has 0 aromatic carbocycles. The Labute approximate surface area is 123 Å². The quantitative estimate of drug-likeness (QED) is 0.905. The highest BCUT2D eigenvalue weighted by Gasteiger charge is 2.34. The Kier molecular flexibility index (Phi) is 4.35. The summed E-state index contributed by atoms with van der Waals surface area (Å²) in [5.74, 6) is 0.709. The van der Waals surface area contributed by atoms with Crippen LogP contribution in [0.25, 0.3) is 0 Å². The fourth-order valence-corrected chi connectivity index (χ4v) is 2.49. The van der Waals surface area contributed by atoms with Crippen molar-refractivity contribution in [1.29, 1.82) is 0 Å². The SMILES string of the molecule is CCCNc1cc(C(F)(F)F)cc(N2CCC(C)(C)C2)n1. The molecule has 0 spiro atoms. The minimum atomic E-state index is -4.35. The van der Waals surface area contributed by atoms with Gasteiger partial charge in [-0.15, -0.1) is 0 Å². The second-order valence-corrected chi connectivity index (χ2v) is 6.36. The Bertz CT molecular complexity index is 497. The average Bonchev–Trinajstić information content (AvgIpc) is 2.75. The number of anilines is 2. The Morgan fingerprint density at radius 2 is 2.05 bits per heavy atom. The largest absolute Gasteiger partial charge is 0.416 e. The lowest BCUT2D eigenvalue weighted by atomic mass is 9.93. The van der Waals surface area contributed by atoms with Crippen molar-refractivity contribution in [2.45, 2.75) is 39.8 Å². The van der Waals surface area contributed by atoms with Gasteiger partial charge in [0.25, 0.3) is 0 Å². The van der Waals surface area contributed by atoms with Gasteiger partial charge in [0.1, 0.15) is 11.6 Å². The number of pyridine rings is 1. The molecule has 1 aliphatic heterocycles. The monoisotopic (exact) mass is 301 g/mol. The Hall–Kier alpha value is -1.46. The number of nitrogens with zero attached hydrogens (tertiary/aromatic N) is 2. The van der Waals surface area contributed by atoms with Crippen LogP contribution in [0, 0.1) is 5.41 Å². The summed E-state index contributed by atoms with van der Waals surface area (Å²) in [4.78, 5) is 6.28. The van der Waals surface area contributed by atoms with E-state index in [1.807, 2.05) is 11.8 Å². The van der Waals surface area contributed by atoms with Gasteiger partial charge < -0.3 is 10.2 Å². The number of nitrogens with one attached hydrogen (secondary N) is 1.